The number of halogens is 1. The van der Waals surface area contributed by atoms with Crippen LogP contribution < -0.4 is 14.8 Å². The number of sulfonamides is 1. The summed E-state index contributed by atoms with van der Waals surface area (Å²) < 4.78 is 34.3. The first-order chi connectivity index (χ1) is 14.2. The Morgan fingerprint density at radius 3 is 2.37 bits per heavy atom. The van der Waals surface area contributed by atoms with Gasteiger partial charge in [-0.25, -0.2) is 8.42 Å². The number of carbonyl (C=O) groups is 1. The molecule has 2 N–H and O–H groups in total. The van der Waals surface area contributed by atoms with Crippen molar-refractivity contribution < 1.29 is 17.9 Å². The van der Waals surface area contributed by atoms with Gasteiger partial charge in [-0.15, -0.1) is 0 Å². The van der Waals surface area contributed by atoms with Crippen molar-refractivity contribution in [1.29, 1.82) is 0 Å². The van der Waals surface area contributed by atoms with Crippen molar-refractivity contribution >= 4 is 43.2 Å². The number of benzene rings is 3. The van der Waals surface area contributed by atoms with E-state index < -0.39 is 10.0 Å². The normalized spacial score (nSPS) is 11.1. The molecule has 30 heavy (non-hydrogen) atoms. The maximum Gasteiger partial charge on any atom is 0.261 e. The van der Waals surface area contributed by atoms with E-state index in [0.29, 0.717) is 17.0 Å². The molecule has 3 aromatic carbocycles. The molecule has 6 nitrogen and oxygen atoms in total. The average Bonchev–Trinajstić information content (AvgIpc) is 2.71. The molecule has 0 bridgehead atoms. The van der Waals surface area contributed by atoms with Gasteiger partial charge in [0.15, 0.2) is 0 Å². The van der Waals surface area contributed by atoms with E-state index in [4.69, 9.17) is 4.74 Å². The number of carbonyl (C=O) groups excluding carboxylic acids is 1. The first kappa shape index (κ1) is 21.9. The van der Waals surface area contributed by atoms with Gasteiger partial charge in [0.05, 0.1) is 17.7 Å². The smallest absolute Gasteiger partial charge is 0.261 e. The third-order valence-electron chi connectivity index (χ3n) is 4.68. The Morgan fingerprint density at radius 2 is 1.70 bits per heavy atom. The highest BCUT2D eigenvalue weighted by molar-refractivity contribution is 9.10. The predicted molar refractivity (Wildman–Crippen MR) is 122 cm³/mol. The molecule has 156 valence electrons. The monoisotopic (exact) mass is 488 g/mol. The molecule has 0 radical (unpaired) electrons. The number of aryl methyl sites for hydroxylation is 1. The number of ether oxygens (including phenoxy) is 1. The lowest BCUT2D eigenvalue weighted by Gasteiger charge is -2.14. The molecule has 0 heterocycles. The van der Waals surface area contributed by atoms with Crippen molar-refractivity contribution in [1.82, 2.24) is 0 Å². The van der Waals surface area contributed by atoms with Gasteiger partial charge in [-0.1, -0.05) is 28.1 Å². The fourth-order valence-electron chi connectivity index (χ4n) is 2.87. The molecule has 0 saturated carbocycles. The van der Waals surface area contributed by atoms with E-state index in [-0.39, 0.29) is 16.5 Å². The van der Waals surface area contributed by atoms with Gasteiger partial charge in [0.1, 0.15) is 5.75 Å². The van der Waals surface area contributed by atoms with Crippen molar-refractivity contribution in [3.63, 3.8) is 0 Å². The minimum atomic E-state index is -3.86. The van der Waals surface area contributed by atoms with Crippen LogP contribution in [0.25, 0.3) is 0 Å². The molecule has 0 aliphatic heterocycles. The number of nitrogens with one attached hydrogen (secondary N) is 2. The van der Waals surface area contributed by atoms with Crippen LogP contribution in [0.5, 0.6) is 5.75 Å². The predicted octanol–water partition coefficient (Wildman–Crippen LogP) is 5.13. The summed E-state index contributed by atoms with van der Waals surface area (Å²) in [7, 11) is -2.41. The van der Waals surface area contributed by atoms with Crippen LogP contribution in [0, 0.1) is 13.8 Å². The molecular formula is C22H21BrN2O4S. The molecule has 0 aliphatic carbocycles. The molecule has 1 amide bonds. The number of rotatable bonds is 6. The molecule has 0 atom stereocenters. The lowest BCUT2D eigenvalue weighted by Crippen LogP contribution is -2.16. The summed E-state index contributed by atoms with van der Waals surface area (Å²) >= 11 is 3.32. The van der Waals surface area contributed by atoms with E-state index in [0.717, 1.165) is 15.6 Å². The zero-order valence-electron chi connectivity index (χ0n) is 16.7. The molecule has 8 heteroatoms. The van der Waals surface area contributed by atoms with Gasteiger partial charge in [-0.2, -0.15) is 0 Å². The average molecular weight is 489 g/mol. The summed E-state index contributed by atoms with van der Waals surface area (Å²) in [5, 5.41) is 2.77. The lowest BCUT2D eigenvalue weighted by molar-refractivity contribution is 0.102. The molecule has 0 aromatic heterocycles. The first-order valence-corrected chi connectivity index (χ1v) is 11.3. The molecule has 3 aromatic rings. The van der Waals surface area contributed by atoms with Gasteiger partial charge in [0, 0.05) is 15.7 Å². The largest absolute Gasteiger partial charge is 0.495 e. The third kappa shape index (κ3) is 4.83. The minimum absolute atomic E-state index is 0.00230. The summed E-state index contributed by atoms with van der Waals surface area (Å²) in [6.45, 7) is 3.79. The Morgan fingerprint density at radius 1 is 1.00 bits per heavy atom. The second-order valence-corrected chi connectivity index (χ2v) is 9.27. The summed E-state index contributed by atoms with van der Waals surface area (Å²) in [6.07, 6.45) is 0. The zero-order chi connectivity index (χ0) is 21.9. The van der Waals surface area contributed by atoms with Crippen LogP contribution in [-0.2, 0) is 10.0 Å². The maximum absolute atomic E-state index is 12.8. The summed E-state index contributed by atoms with van der Waals surface area (Å²) in [5.74, 6) is 0.0150. The van der Waals surface area contributed by atoms with Gasteiger partial charge < -0.3 is 10.1 Å². The highest BCUT2D eigenvalue weighted by Crippen LogP contribution is 2.29. The van der Waals surface area contributed by atoms with E-state index in [1.165, 1.54) is 25.3 Å². The van der Waals surface area contributed by atoms with Crippen LogP contribution >= 0.6 is 15.9 Å². The first-order valence-electron chi connectivity index (χ1n) is 9.05. The molecule has 3 rings (SSSR count). The van der Waals surface area contributed by atoms with Crippen LogP contribution in [0.2, 0.25) is 0 Å². The van der Waals surface area contributed by atoms with Gasteiger partial charge in [0.2, 0.25) is 0 Å². The van der Waals surface area contributed by atoms with Crippen LogP contribution in [0.1, 0.15) is 21.5 Å². The van der Waals surface area contributed by atoms with E-state index in [1.807, 2.05) is 19.9 Å². The third-order valence-corrected chi connectivity index (χ3v) is 6.58. The Labute approximate surface area is 184 Å². The second-order valence-electron chi connectivity index (χ2n) is 6.68. The van der Waals surface area contributed by atoms with Gasteiger partial charge in [-0.3, -0.25) is 9.52 Å². The van der Waals surface area contributed by atoms with Gasteiger partial charge in [0.25, 0.3) is 15.9 Å². The van der Waals surface area contributed by atoms with E-state index >= 15 is 0 Å². The molecular weight excluding hydrogens is 468 g/mol. The fourth-order valence-corrected chi connectivity index (χ4v) is 4.22. The van der Waals surface area contributed by atoms with Crippen molar-refractivity contribution in [2.24, 2.45) is 0 Å². The number of amides is 1. The molecule has 0 fully saturated rings. The topological polar surface area (TPSA) is 84.5 Å². The fraction of sp³-hybridized carbons (Fsp3) is 0.136. The maximum atomic E-state index is 12.8. The lowest BCUT2D eigenvalue weighted by atomic mass is 10.0. The van der Waals surface area contributed by atoms with Crippen LogP contribution in [0.3, 0.4) is 0 Å². The van der Waals surface area contributed by atoms with E-state index in [9.17, 15) is 13.2 Å². The van der Waals surface area contributed by atoms with Crippen molar-refractivity contribution in [2.45, 2.75) is 18.7 Å². The number of methoxy groups -OCH3 is 1. The van der Waals surface area contributed by atoms with Crippen LogP contribution in [0.4, 0.5) is 11.4 Å². The molecule has 0 aliphatic rings. The van der Waals surface area contributed by atoms with E-state index in [2.05, 4.69) is 26.0 Å². The van der Waals surface area contributed by atoms with Crippen molar-refractivity contribution in [2.75, 3.05) is 17.1 Å². The van der Waals surface area contributed by atoms with Gasteiger partial charge >= 0.3 is 0 Å². The molecule has 0 saturated heterocycles. The van der Waals surface area contributed by atoms with Crippen molar-refractivity contribution in [3.05, 3.63) is 81.8 Å². The van der Waals surface area contributed by atoms with Crippen LogP contribution in [-0.4, -0.2) is 21.4 Å². The minimum Gasteiger partial charge on any atom is -0.495 e. The Bertz CT molecular complexity index is 1190. The van der Waals surface area contributed by atoms with Gasteiger partial charge in [-0.05, 0) is 73.5 Å². The summed E-state index contributed by atoms with van der Waals surface area (Å²) in [6, 6.07) is 16.5. The summed E-state index contributed by atoms with van der Waals surface area (Å²) in [4.78, 5) is 12.8. The number of hydrogen-bond donors (Lipinski definition) is 2. The second kappa shape index (κ2) is 8.89. The molecule has 0 unspecified atom stereocenters. The highest BCUT2D eigenvalue weighted by Gasteiger charge is 2.19. The Balaban J connectivity index is 1.92. The molecule has 0 spiro atoms. The SMILES string of the molecule is COc1ccc(S(=O)(=O)Nc2ccc(Br)cc2)cc1NC(=O)c1cccc(C)c1C. The quantitative estimate of drug-likeness (QED) is 0.503. The number of hydrogen-bond acceptors (Lipinski definition) is 4. The summed E-state index contributed by atoms with van der Waals surface area (Å²) in [5.41, 5.74) is 3.05. The van der Waals surface area contributed by atoms with Crippen molar-refractivity contribution in [3.8, 4) is 5.75 Å². The highest BCUT2D eigenvalue weighted by atomic mass is 79.9. The Kier molecular flexibility index (Phi) is 6.48. The van der Waals surface area contributed by atoms with Crippen LogP contribution in [0.15, 0.2) is 70.0 Å². The zero-order valence-corrected chi connectivity index (χ0v) is 19.1. The Hall–Kier alpha value is -2.84. The van der Waals surface area contributed by atoms with E-state index in [1.54, 1.807) is 36.4 Å². The number of anilines is 2. The standard InChI is InChI=1S/C22H21BrN2O4S/c1-14-5-4-6-19(15(14)2)22(26)24-20-13-18(11-12-21(20)29-3)30(27,28)25-17-9-7-16(23)8-10-17/h4-13,25H,1-3H3,(H,24,26).